The van der Waals surface area contributed by atoms with Crippen LogP contribution in [0.1, 0.15) is 24.2 Å². The Kier molecular flexibility index (Phi) is 7.61. The van der Waals surface area contributed by atoms with E-state index < -0.39 is 0 Å². The minimum absolute atomic E-state index is 0.248. The first-order chi connectivity index (χ1) is 13.8. The Hall–Kier alpha value is -2.67. The van der Waals surface area contributed by atoms with Crippen molar-refractivity contribution in [1.82, 2.24) is 10.6 Å². The molecule has 1 atom stereocenters. The minimum atomic E-state index is 0.248. The molecule has 0 bridgehead atoms. The zero-order valence-electron chi connectivity index (χ0n) is 16.6. The minimum Gasteiger partial charge on any atom is -0.493 e. The number of guanidine groups is 1. The van der Waals surface area contributed by atoms with Crippen molar-refractivity contribution in [2.24, 2.45) is 4.99 Å². The number of furan rings is 1. The summed E-state index contributed by atoms with van der Waals surface area (Å²) >= 11 is 0. The second-order valence-electron chi connectivity index (χ2n) is 6.63. The lowest BCUT2D eigenvalue weighted by atomic mass is 10.2. The Morgan fingerprint density at radius 1 is 1.18 bits per heavy atom. The van der Waals surface area contributed by atoms with Gasteiger partial charge in [-0.05, 0) is 42.7 Å². The molecule has 1 aromatic carbocycles. The molecule has 28 heavy (non-hydrogen) atoms. The molecule has 1 unspecified atom stereocenters. The second-order valence-corrected chi connectivity index (χ2v) is 6.63. The second kappa shape index (κ2) is 10.6. The first-order valence-electron chi connectivity index (χ1n) is 9.65. The van der Waals surface area contributed by atoms with Gasteiger partial charge in [0.15, 0.2) is 17.5 Å². The Morgan fingerprint density at radius 3 is 2.79 bits per heavy atom. The van der Waals surface area contributed by atoms with Crippen LogP contribution in [0.3, 0.4) is 0 Å². The first kappa shape index (κ1) is 20.1. The van der Waals surface area contributed by atoms with Gasteiger partial charge in [-0.25, -0.2) is 4.99 Å². The molecule has 1 saturated heterocycles. The summed E-state index contributed by atoms with van der Waals surface area (Å²) in [5.41, 5.74) is 1.04. The van der Waals surface area contributed by atoms with Gasteiger partial charge in [-0.1, -0.05) is 6.07 Å². The summed E-state index contributed by atoms with van der Waals surface area (Å²) in [7, 11) is 3.27. The summed E-state index contributed by atoms with van der Waals surface area (Å²) in [4.78, 5) is 4.72. The molecule has 7 heteroatoms. The van der Waals surface area contributed by atoms with E-state index in [1.807, 2.05) is 30.3 Å². The average molecular weight is 387 g/mol. The van der Waals surface area contributed by atoms with Crippen LogP contribution >= 0.6 is 0 Å². The fraction of sp³-hybridized carbons (Fsp3) is 0.476. The maximum absolute atomic E-state index is 5.69. The lowest BCUT2D eigenvalue weighted by Crippen LogP contribution is -2.41. The summed E-state index contributed by atoms with van der Waals surface area (Å²) in [6, 6.07) is 9.71. The lowest BCUT2D eigenvalue weighted by Gasteiger charge is -2.15. The van der Waals surface area contributed by atoms with E-state index in [4.69, 9.17) is 23.6 Å². The van der Waals surface area contributed by atoms with E-state index in [0.717, 1.165) is 56.2 Å². The van der Waals surface area contributed by atoms with Crippen LogP contribution in [0.2, 0.25) is 0 Å². The predicted molar refractivity (Wildman–Crippen MR) is 108 cm³/mol. The zero-order valence-corrected chi connectivity index (χ0v) is 16.6. The van der Waals surface area contributed by atoms with Crippen LogP contribution in [0.25, 0.3) is 0 Å². The van der Waals surface area contributed by atoms with Crippen LogP contribution in [-0.2, 0) is 17.7 Å². The van der Waals surface area contributed by atoms with Gasteiger partial charge in [0.05, 0.1) is 33.1 Å². The van der Waals surface area contributed by atoms with E-state index in [2.05, 4.69) is 10.6 Å². The summed E-state index contributed by atoms with van der Waals surface area (Å²) in [5.74, 6) is 3.13. The third-order valence-electron chi connectivity index (χ3n) is 4.63. The summed E-state index contributed by atoms with van der Waals surface area (Å²) in [6.07, 6.45) is 4.94. The number of aliphatic imine (C=N–C) groups is 1. The Morgan fingerprint density at radius 2 is 2.07 bits per heavy atom. The van der Waals surface area contributed by atoms with Crippen molar-refractivity contribution in [3.8, 4) is 11.5 Å². The highest BCUT2D eigenvalue weighted by molar-refractivity contribution is 5.79. The van der Waals surface area contributed by atoms with E-state index in [0.29, 0.717) is 18.0 Å². The van der Waals surface area contributed by atoms with Gasteiger partial charge in [0.2, 0.25) is 0 Å². The summed E-state index contributed by atoms with van der Waals surface area (Å²) in [6.45, 7) is 2.85. The molecule has 1 aromatic heterocycles. The molecule has 0 saturated carbocycles. The molecule has 2 heterocycles. The van der Waals surface area contributed by atoms with Gasteiger partial charge < -0.3 is 29.3 Å². The van der Waals surface area contributed by atoms with Crippen LogP contribution < -0.4 is 20.1 Å². The maximum atomic E-state index is 5.69. The Balaban J connectivity index is 1.60. The Bertz CT molecular complexity index is 740. The van der Waals surface area contributed by atoms with E-state index in [1.54, 1.807) is 20.5 Å². The number of rotatable bonds is 9. The normalized spacial score (nSPS) is 16.8. The fourth-order valence-electron chi connectivity index (χ4n) is 3.10. The van der Waals surface area contributed by atoms with E-state index >= 15 is 0 Å². The lowest BCUT2D eigenvalue weighted by molar-refractivity contribution is 0.114. The first-order valence-corrected chi connectivity index (χ1v) is 9.65. The molecule has 152 valence electrons. The Labute approximate surface area is 166 Å². The van der Waals surface area contributed by atoms with Crippen molar-refractivity contribution in [3.05, 3.63) is 47.9 Å². The van der Waals surface area contributed by atoms with Crippen molar-refractivity contribution in [2.45, 2.75) is 31.9 Å². The predicted octanol–water partition coefficient (Wildman–Crippen LogP) is 2.75. The van der Waals surface area contributed by atoms with Gasteiger partial charge in [-0.15, -0.1) is 0 Å². The van der Waals surface area contributed by atoms with Gasteiger partial charge in [0.25, 0.3) is 0 Å². The molecule has 3 rings (SSSR count). The standard InChI is InChI=1S/C21H29N3O4/c1-25-19-8-7-16(13-20(19)26-2)14-23-21(24-15-18-6-4-12-28-18)22-10-9-17-5-3-11-27-17/h3,5,7-8,11,13,18H,4,6,9-10,12,14-15H2,1-2H3,(H2,22,23,24). The molecule has 0 aliphatic carbocycles. The monoisotopic (exact) mass is 387 g/mol. The van der Waals surface area contributed by atoms with Crippen LogP contribution in [0.5, 0.6) is 11.5 Å². The number of benzene rings is 1. The molecule has 0 spiro atoms. The third-order valence-corrected chi connectivity index (χ3v) is 4.63. The quantitative estimate of drug-likeness (QED) is 0.509. The molecular formula is C21H29N3O4. The summed E-state index contributed by atoms with van der Waals surface area (Å²) < 4.78 is 21.7. The van der Waals surface area contributed by atoms with Gasteiger partial charge >= 0.3 is 0 Å². The number of ether oxygens (including phenoxy) is 3. The molecular weight excluding hydrogens is 358 g/mol. The SMILES string of the molecule is COc1ccc(CN=C(NCCc2ccco2)NCC2CCCO2)cc1OC. The smallest absolute Gasteiger partial charge is 0.191 e. The van der Waals surface area contributed by atoms with Crippen LogP contribution in [-0.4, -0.2) is 46.0 Å². The molecule has 2 N–H and O–H groups in total. The highest BCUT2D eigenvalue weighted by Crippen LogP contribution is 2.27. The van der Waals surface area contributed by atoms with Gasteiger partial charge in [0.1, 0.15) is 5.76 Å². The van der Waals surface area contributed by atoms with Crippen molar-refractivity contribution < 1.29 is 18.6 Å². The largest absolute Gasteiger partial charge is 0.493 e. The van der Waals surface area contributed by atoms with Crippen molar-refractivity contribution in [1.29, 1.82) is 0 Å². The molecule has 1 aliphatic rings. The molecule has 0 radical (unpaired) electrons. The van der Waals surface area contributed by atoms with Crippen molar-refractivity contribution in [3.63, 3.8) is 0 Å². The summed E-state index contributed by atoms with van der Waals surface area (Å²) in [5, 5.41) is 6.76. The molecule has 2 aromatic rings. The topological polar surface area (TPSA) is 77.2 Å². The van der Waals surface area contributed by atoms with Gasteiger partial charge in [-0.2, -0.15) is 0 Å². The number of hydrogen-bond acceptors (Lipinski definition) is 5. The molecule has 7 nitrogen and oxygen atoms in total. The van der Waals surface area contributed by atoms with Crippen molar-refractivity contribution in [2.75, 3.05) is 33.9 Å². The van der Waals surface area contributed by atoms with E-state index in [9.17, 15) is 0 Å². The number of nitrogens with one attached hydrogen (secondary N) is 2. The fourth-order valence-corrected chi connectivity index (χ4v) is 3.10. The van der Waals surface area contributed by atoms with Gasteiger partial charge in [-0.3, -0.25) is 0 Å². The number of nitrogens with zero attached hydrogens (tertiary/aromatic N) is 1. The van der Waals surface area contributed by atoms with E-state index in [-0.39, 0.29) is 6.10 Å². The van der Waals surface area contributed by atoms with Crippen LogP contribution in [0.4, 0.5) is 0 Å². The molecule has 1 aliphatic heterocycles. The highest BCUT2D eigenvalue weighted by Gasteiger charge is 2.15. The number of hydrogen-bond donors (Lipinski definition) is 2. The molecule has 0 amide bonds. The number of methoxy groups -OCH3 is 2. The van der Waals surface area contributed by atoms with Gasteiger partial charge in [0, 0.05) is 26.1 Å². The highest BCUT2D eigenvalue weighted by atomic mass is 16.5. The zero-order chi connectivity index (χ0) is 19.6. The molecule has 1 fully saturated rings. The third kappa shape index (κ3) is 5.92. The van der Waals surface area contributed by atoms with Crippen LogP contribution in [0.15, 0.2) is 46.0 Å². The van der Waals surface area contributed by atoms with Crippen molar-refractivity contribution >= 4 is 5.96 Å². The van der Waals surface area contributed by atoms with Crippen LogP contribution in [0, 0.1) is 0 Å². The maximum Gasteiger partial charge on any atom is 0.191 e. The van der Waals surface area contributed by atoms with E-state index in [1.165, 1.54) is 0 Å². The average Bonchev–Trinajstić information content (AvgIpc) is 3.43.